The van der Waals surface area contributed by atoms with Crippen molar-refractivity contribution in [2.45, 2.75) is 38.1 Å². The lowest BCUT2D eigenvalue weighted by molar-refractivity contribution is -0.136. The van der Waals surface area contributed by atoms with E-state index in [0.29, 0.717) is 55.4 Å². The highest BCUT2D eigenvalue weighted by Crippen LogP contribution is 2.39. The Morgan fingerprint density at radius 1 is 0.774 bits per heavy atom. The normalized spacial score (nSPS) is 24.6. The molecule has 11 nitrogen and oxygen atoms in total. The van der Waals surface area contributed by atoms with Gasteiger partial charge in [0.1, 0.15) is 29.8 Å². The average Bonchev–Trinajstić information content (AvgIpc) is 3.58. The van der Waals surface area contributed by atoms with E-state index in [2.05, 4.69) is 4.90 Å². The molecule has 0 radical (unpaired) electrons. The molecule has 0 spiro atoms. The molecule has 0 aromatic heterocycles. The van der Waals surface area contributed by atoms with E-state index in [9.17, 15) is 24.3 Å². The van der Waals surface area contributed by atoms with Crippen LogP contribution in [-0.2, 0) is 9.59 Å². The Bertz CT molecular complexity index is 2720. The van der Waals surface area contributed by atoms with Gasteiger partial charge in [0.05, 0.1) is 16.6 Å². The summed E-state index contributed by atoms with van der Waals surface area (Å²) in [6.45, 7) is -13.9. The highest BCUT2D eigenvalue weighted by Gasteiger charge is 2.49. The Morgan fingerprint density at radius 3 is 2.03 bits per heavy atom. The van der Waals surface area contributed by atoms with E-state index in [1.807, 2.05) is 72.0 Å². The summed E-state index contributed by atoms with van der Waals surface area (Å²) < 4.78 is 126. The SMILES string of the molecule is [2H]C1([2H])N(CC2CCN(CCOc3ccc(C(=C(CCCl)c4ccccc4)c4ccc(O)cc4)cc3)CC2)C([2H])([2H])C([2H])([2H])N(c2c(F)c(F)c3c(c2F)C(=O)N(C2CCC(=O)NC2=O)C3=O)C1([2H])[2H]. The molecule has 324 valence electrons. The summed E-state index contributed by atoms with van der Waals surface area (Å²) in [4.78, 5) is 53.0. The van der Waals surface area contributed by atoms with Crippen LogP contribution in [0.15, 0.2) is 78.9 Å². The van der Waals surface area contributed by atoms with Crippen molar-refractivity contribution in [1.29, 1.82) is 0 Å². The van der Waals surface area contributed by atoms with Crippen LogP contribution in [0.2, 0.25) is 0 Å². The first-order valence-electron chi connectivity index (χ1n) is 24.1. The zero-order valence-corrected chi connectivity index (χ0v) is 34.0. The number of halogens is 4. The van der Waals surface area contributed by atoms with Gasteiger partial charge in [0.25, 0.3) is 11.8 Å². The predicted octanol–water partition coefficient (Wildman–Crippen LogP) is 6.71. The number of phenolic OH excluding ortho intramolecular Hbond substituents is 1. The first-order chi connectivity index (χ1) is 33.0. The molecule has 4 aliphatic heterocycles. The quantitative estimate of drug-likeness (QED) is 0.0654. The van der Waals surface area contributed by atoms with E-state index in [1.54, 1.807) is 12.1 Å². The van der Waals surface area contributed by atoms with Crippen LogP contribution in [0.5, 0.6) is 11.5 Å². The van der Waals surface area contributed by atoms with Crippen molar-refractivity contribution >= 4 is 52.1 Å². The number of benzene rings is 4. The summed E-state index contributed by atoms with van der Waals surface area (Å²) in [6, 6.07) is 22.7. The van der Waals surface area contributed by atoms with E-state index in [0.717, 1.165) is 27.8 Å². The van der Waals surface area contributed by atoms with E-state index >= 15 is 13.2 Å². The number of likely N-dealkylation sites (tertiary alicyclic amines) is 1. The van der Waals surface area contributed by atoms with Gasteiger partial charge in [-0.25, -0.2) is 13.2 Å². The molecule has 0 saturated carbocycles. The third-order valence-electron chi connectivity index (χ3n) is 11.4. The van der Waals surface area contributed by atoms with Gasteiger partial charge >= 0.3 is 0 Å². The van der Waals surface area contributed by atoms with Crippen LogP contribution in [0.4, 0.5) is 18.9 Å². The number of hydrogen-bond acceptors (Lipinski definition) is 9. The van der Waals surface area contributed by atoms with Gasteiger partial charge in [-0.05, 0) is 96.8 Å². The highest BCUT2D eigenvalue weighted by molar-refractivity contribution is 6.24. The summed E-state index contributed by atoms with van der Waals surface area (Å²) in [7, 11) is 0. The number of imide groups is 2. The lowest BCUT2D eigenvalue weighted by Gasteiger charge is -2.39. The molecule has 1 unspecified atom stereocenters. The van der Waals surface area contributed by atoms with Gasteiger partial charge in [0.2, 0.25) is 11.8 Å². The van der Waals surface area contributed by atoms with Crippen LogP contribution in [0.1, 0.15) is 80.5 Å². The molecule has 3 fully saturated rings. The molecule has 1 atom stereocenters. The van der Waals surface area contributed by atoms with Crippen LogP contribution in [0.25, 0.3) is 11.1 Å². The zero-order valence-electron chi connectivity index (χ0n) is 41.2. The highest BCUT2D eigenvalue weighted by atomic mass is 35.5. The van der Waals surface area contributed by atoms with Crippen molar-refractivity contribution in [3.05, 3.63) is 124 Å². The maximum Gasteiger partial charge on any atom is 0.265 e. The second kappa shape index (κ2) is 18.7. The minimum atomic E-state index is -3.88. The molecule has 0 bridgehead atoms. The fraction of sp³-hybridized carbons (Fsp3) is 0.362. The number of carbonyl (C=O) groups excluding carboxylic acids is 4. The molecule has 8 rings (SSSR count). The summed E-state index contributed by atoms with van der Waals surface area (Å²) >= 11 is 6.29. The fourth-order valence-corrected chi connectivity index (χ4v) is 8.41. The monoisotopic (exact) mass is 877 g/mol. The molecule has 4 heterocycles. The number of hydrogen-bond donors (Lipinski definition) is 2. The minimum absolute atomic E-state index is 0.111. The van der Waals surface area contributed by atoms with E-state index < -0.39 is 114 Å². The number of aromatic hydroxyl groups is 1. The lowest BCUT2D eigenvalue weighted by atomic mass is 9.88. The van der Waals surface area contributed by atoms with Gasteiger partial charge in [0.15, 0.2) is 17.5 Å². The summed E-state index contributed by atoms with van der Waals surface area (Å²) in [5.74, 6) is -11.5. The summed E-state index contributed by atoms with van der Waals surface area (Å²) in [6.07, 6.45) is 0.452. The standard InChI is InChI=1S/C47H47ClF3N5O6/c48-19-16-35(30-4-2-1-3-5-30)38(31-6-10-33(57)11-7-31)32-8-12-34(13-9-32)62-27-26-53-20-17-29(18-21-53)28-54-22-24-55(25-23-54)44-42(50)40-39(41(49)43(44)51)46(60)56(47(40)61)36-14-15-37(58)52-45(36)59/h1-13,29,36,57H,14-28H2,(H,52,58,59)/i22D2,23D2,24D2,25D2. The third-order valence-corrected chi connectivity index (χ3v) is 11.6. The Hall–Kier alpha value is -5.70. The number of allylic oxidation sites excluding steroid dienone is 1. The number of piperidine rings is 2. The van der Waals surface area contributed by atoms with Crippen LogP contribution in [0, 0.1) is 23.4 Å². The van der Waals surface area contributed by atoms with Crippen molar-refractivity contribution in [3.8, 4) is 11.5 Å². The predicted molar refractivity (Wildman–Crippen MR) is 229 cm³/mol. The van der Waals surface area contributed by atoms with E-state index in [4.69, 9.17) is 27.3 Å². The van der Waals surface area contributed by atoms with E-state index in [-0.39, 0.29) is 23.7 Å². The summed E-state index contributed by atoms with van der Waals surface area (Å²) in [5, 5.41) is 11.9. The Kier molecular flexibility index (Phi) is 10.2. The van der Waals surface area contributed by atoms with Gasteiger partial charge in [-0.2, -0.15) is 0 Å². The molecule has 4 aliphatic rings. The van der Waals surface area contributed by atoms with Crippen molar-refractivity contribution in [3.63, 3.8) is 0 Å². The van der Waals surface area contributed by atoms with Gasteiger partial charge in [-0.3, -0.25) is 39.2 Å². The van der Waals surface area contributed by atoms with Crippen LogP contribution >= 0.6 is 11.6 Å². The molecular weight excluding hydrogens is 823 g/mol. The lowest BCUT2D eigenvalue weighted by Crippen LogP contribution is -2.54. The van der Waals surface area contributed by atoms with Crippen LogP contribution in [-0.4, -0.2) is 114 Å². The minimum Gasteiger partial charge on any atom is -0.508 e. The number of carbonyl (C=O) groups is 4. The Morgan fingerprint density at radius 2 is 1.40 bits per heavy atom. The number of nitrogens with zero attached hydrogens (tertiary/aromatic N) is 4. The van der Waals surface area contributed by atoms with Crippen molar-refractivity contribution in [2.24, 2.45) is 5.92 Å². The largest absolute Gasteiger partial charge is 0.508 e. The molecule has 4 amide bonds. The molecular formula is C47H47ClF3N5O6. The topological polar surface area (TPSA) is 123 Å². The molecule has 15 heteroatoms. The smallest absolute Gasteiger partial charge is 0.265 e. The molecule has 4 aromatic carbocycles. The number of piperazine rings is 1. The zero-order chi connectivity index (χ0) is 50.7. The number of alkyl halides is 1. The molecule has 0 aliphatic carbocycles. The van der Waals surface area contributed by atoms with Crippen molar-refractivity contribution in [2.75, 3.05) is 69.6 Å². The molecule has 4 aromatic rings. The molecule has 62 heavy (non-hydrogen) atoms. The van der Waals surface area contributed by atoms with Gasteiger partial charge in [-0.15, -0.1) is 11.6 Å². The first kappa shape index (κ1) is 33.9. The third kappa shape index (κ3) is 8.81. The first-order valence-corrected chi connectivity index (χ1v) is 20.7. The van der Waals surface area contributed by atoms with Gasteiger partial charge < -0.3 is 14.7 Å². The van der Waals surface area contributed by atoms with E-state index in [1.165, 1.54) is 0 Å². The van der Waals surface area contributed by atoms with Crippen LogP contribution in [0.3, 0.4) is 0 Å². The number of anilines is 1. The number of phenols is 1. The number of ether oxygens (including phenoxy) is 1. The Labute approximate surface area is 373 Å². The van der Waals surface area contributed by atoms with Gasteiger partial charge in [0, 0.05) is 56.9 Å². The molecule has 3 saturated heterocycles. The number of fused-ring (bicyclic) bond motifs is 1. The second-order valence-electron chi connectivity index (χ2n) is 15.2. The van der Waals surface area contributed by atoms with Gasteiger partial charge in [-0.1, -0.05) is 54.6 Å². The number of nitrogens with one attached hydrogen (secondary N) is 1. The fourth-order valence-electron chi connectivity index (χ4n) is 8.22. The second-order valence-corrected chi connectivity index (χ2v) is 15.6. The molecule has 2 N–H and O–H groups in total. The van der Waals surface area contributed by atoms with Crippen molar-refractivity contribution in [1.82, 2.24) is 20.0 Å². The number of amides is 4. The van der Waals surface area contributed by atoms with Crippen LogP contribution < -0.4 is 15.0 Å². The number of rotatable bonds is 13. The van der Waals surface area contributed by atoms with Crippen molar-refractivity contribution < 1.29 is 53.2 Å². The maximum absolute atomic E-state index is 16.6. The Balaban J connectivity index is 0.942. The average molecular weight is 878 g/mol. The summed E-state index contributed by atoms with van der Waals surface area (Å²) in [5.41, 5.74) is -0.175. The maximum atomic E-state index is 16.6.